The van der Waals surface area contributed by atoms with Crippen molar-refractivity contribution in [3.8, 4) is 6.07 Å². The second-order valence-electron chi connectivity index (χ2n) is 6.39. The monoisotopic (exact) mass is 360 g/mol. The van der Waals surface area contributed by atoms with Crippen LogP contribution in [0.3, 0.4) is 0 Å². The number of nitrogens with zero attached hydrogens (tertiary/aromatic N) is 1. The fourth-order valence-corrected chi connectivity index (χ4v) is 2.94. The van der Waals surface area contributed by atoms with Crippen LogP contribution in [-0.2, 0) is 14.3 Å². The zero-order valence-electron chi connectivity index (χ0n) is 14.4. The van der Waals surface area contributed by atoms with E-state index in [0.717, 1.165) is 19.3 Å². The van der Waals surface area contributed by atoms with Gasteiger partial charge >= 0.3 is 5.97 Å². The van der Waals surface area contributed by atoms with E-state index >= 15 is 0 Å². The van der Waals surface area contributed by atoms with E-state index in [1.165, 1.54) is 24.3 Å². The van der Waals surface area contributed by atoms with Gasteiger partial charge in [-0.25, -0.2) is 4.39 Å². The molecule has 0 spiro atoms. The van der Waals surface area contributed by atoms with Crippen molar-refractivity contribution in [2.45, 2.75) is 50.5 Å². The van der Waals surface area contributed by atoms with Crippen molar-refractivity contribution < 1.29 is 23.5 Å². The number of benzene rings is 1. The Balaban J connectivity index is 1.72. The van der Waals surface area contributed by atoms with Gasteiger partial charge in [-0.15, -0.1) is 0 Å². The second-order valence-corrected chi connectivity index (χ2v) is 6.39. The lowest BCUT2D eigenvalue weighted by Gasteiger charge is -2.31. The lowest BCUT2D eigenvalue weighted by molar-refractivity contribution is -0.148. The molecule has 0 radical (unpaired) electrons. The van der Waals surface area contributed by atoms with Gasteiger partial charge in [0.2, 0.25) is 0 Å². The molecule has 0 aliphatic heterocycles. The molecule has 1 aromatic rings. The number of hydrogen-bond acceptors (Lipinski definition) is 5. The number of nitrogens with one attached hydrogen (secondary N) is 1. The van der Waals surface area contributed by atoms with E-state index in [0.29, 0.717) is 18.4 Å². The molecule has 0 atom stereocenters. The summed E-state index contributed by atoms with van der Waals surface area (Å²) in [7, 11) is 0. The average Bonchev–Trinajstić information content (AvgIpc) is 2.65. The van der Waals surface area contributed by atoms with Gasteiger partial charge in [0.15, 0.2) is 12.4 Å². The number of Topliss-reactive ketones (excluding diaryl/α,β-unsaturated/α-hetero) is 1. The van der Waals surface area contributed by atoms with Crippen molar-refractivity contribution in [1.29, 1.82) is 5.26 Å². The molecular formula is C19H21FN2O4. The third kappa shape index (κ3) is 5.66. The first-order valence-electron chi connectivity index (χ1n) is 8.61. The number of esters is 1. The number of nitriles is 1. The van der Waals surface area contributed by atoms with E-state index in [9.17, 15) is 24.0 Å². The van der Waals surface area contributed by atoms with Gasteiger partial charge in [-0.1, -0.05) is 19.3 Å². The molecule has 1 saturated carbocycles. The smallest absolute Gasteiger partial charge is 0.306 e. The highest BCUT2D eigenvalue weighted by Crippen LogP contribution is 2.27. The topological polar surface area (TPSA) is 96.3 Å². The summed E-state index contributed by atoms with van der Waals surface area (Å²) in [6.45, 7) is -0.479. The maximum absolute atomic E-state index is 12.8. The van der Waals surface area contributed by atoms with Crippen molar-refractivity contribution >= 4 is 17.7 Å². The number of ether oxygens (including phenoxy) is 1. The largest absolute Gasteiger partial charge is 0.456 e. The minimum atomic E-state index is -0.875. The van der Waals surface area contributed by atoms with Gasteiger partial charge in [0.25, 0.3) is 5.91 Å². The Labute approximate surface area is 151 Å². The van der Waals surface area contributed by atoms with Crippen LogP contribution in [0, 0.1) is 17.1 Å². The SMILES string of the molecule is N#CC1(NC(=O)COC(=O)CCC(=O)c2ccc(F)cc2)CCCCC1. The molecule has 0 aromatic heterocycles. The maximum atomic E-state index is 12.8. The van der Waals surface area contributed by atoms with Gasteiger partial charge in [0.05, 0.1) is 12.5 Å². The Hall–Kier alpha value is -2.75. The molecule has 138 valence electrons. The maximum Gasteiger partial charge on any atom is 0.306 e. The van der Waals surface area contributed by atoms with Crippen LogP contribution in [0.25, 0.3) is 0 Å². The lowest BCUT2D eigenvalue weighted by Crippen LogP contribution is -2.50. The summed E-state index contributed by atoms with van der Waals surface area (Å²) < 4.78 is 17.7. The molecule has 1 N–H and O–H groups in total. The normalized spacial score (nSPS) is 15.5. The number of halogens is 1. The minimum Gasteiger partial charge on any atom is -0.456 e. The number of carbonyl (C=O) groups excluding carboxylic acids is 3. The number of ketones is 1. The quantitative estimate of drug-likeness (QED) is 0.596. The second kappa shape index (κ2) is 9.09. The van der Waals surface area contributed by atoms with E-state index in [4.69, 9.17) is 4.74 Å². The summed E-state index contributed by atoms with van der Waals surface area (Å²) in [4.78, 5) is 35.5. The van der Waals surface area contributed by atoms with Crippen LogP contribution in [0.2, 0.25) is 0 Å². The van der Waals surface area contributed by atoms with E-state index in [1.54, 1.807) is 0 Å². The van der Waals surface area contributed by atoms with Crippen molar-refractivity contribution in [1.82, 2.24) is 5.32 Å². The van der Waals surface area contributed by atoms with Crippen LogP contribution in [0.5, 0.6) is 0 Å². The molecule has 0 unspecified atom stereocenters. The highest BCUT2D eigenvalue weighted by Gasteiger charge is 2.33. The molecule has 1 fully saturated rings. The van der Waals surface area contributed by atoms with Crippen LogP contribution in [0.15, 0.2) is 24.3 Å². The predicted octanol–water partition coefficient (Wildman–Crippen LogP) is 2.67. The Kier molecular flexibility index (Phi) is 6.84. The van der Waals surface area contributed by atoms with Crippen molar-refractivity contribution in [2.24, 2.45) is 0 Å². The molecule has 1 aliphatic rings. The Morgan fingerprint density at radius 3 is 2.38 bits per heavy atom. The average molecular weight is 360 g/mol. The van der Waals surface area contributed by atoms with E-state index in [2.05, 4.69) is 11.4 Å². The van der Waals surface area contributed by atoms with Crippen LogP contribution < -0.4 is 5.32 Å². The number of hydrogen-bond donors (Lipinski definition) is 1. The highest BCUT2D eigenvalue weighted by molar-refractivity contribution is 5.97. The molecule has 1 aliphatic carbocycles. The number of amides is 1. The van der Waals surface area contributed by atoms with Crippen LogP contribution in [0.4, 0.5) is 4.39 Å². The summed E-state index contributed by atoms with van der Waals surface area (Å²) in [6.07, 6.45) is 3.71. The predicted molar refractivity (Wildman–Crippen MR) is 90.5 cm³/mol. The summed E-state index contributed by atoms with van der Waals surface area (Å²) in [5.74, 6) is -1.95. The molecular weight excluding hydrogens is 339 g/mol. The number of carbonyl (C=O) groups is 3. The summed E-state index contributed by atoms with van der Waals surface area (Å²) >= 11 is 0. The first-order valence-corrected chi connectivity index (χ1v) is 8.61. The summed E-state index contributed by atoms with van der Waals surface area (Å²) in [5.41, 5.74) is -0.564. The third-order valence-electron chi connectivity index (χ3n) is 4.39. The summed E-state index contributed by atoms with van der Waals surface area (Å²) in [6, 6.07) is 7.20. The minimum absolute atomic E-state index is 0.0891. The van der Waals surface area contributed by atoms with Crippen LogP contribution in [-0.4, -0.2) is 29.8 Å². The van der Waals surface area contributed by atoms with Gasteiger partial charge in [-0.2, -0.15) is 5.26 Å². The lowest BCUT2D eigenvalue weighted by atomic mass is 9.83. The molecule has 1 amide bonds. The van der Waals surface area contributed by atoms with Gasteiger partial charge < -0.3 is 10.1 Å². The first-order chi connectivity index (χ1) is 12.4. The zero-order valence-corrected chi connectivity index (χ0v) is 14.4. The summed E-state index contributed by atoms with van der Waals surface area (Å²) in [5, 5.41) is 12.0. The molecule has 26 heavy (non-hydrogen) atoms. The van der Waals surface area contributed by atoms with Crippen molar-refractivity contribution in [3.63, 3.8) is 0 Å². The van der Waals surface area contributed by atoms with E-state index < -0.39 is 29.8 Å². The van der Waals surface area contributed by atoms with Crippen molar-refractivity contribution in [2.75, 3.05) is 6.61 Å². The van der Waals surface area contributed by atoms with Crippen molar-refractivity contribution in [3.05, 3.63) is 35.6 Å². The van der Waals surface area contributed by atoms with E-state index in [-0.39, 0.29) is 18.6 Å². The Bertz CT molecular complexity index is 703. The van der Waals surface area contributed by atoms with Crippen LogP contribution >= 0.6 is 0 Å². The third-order valence-corrected chi connectivity index (χ3v) is 4.39. The molecule has 2 rings (SSSR count). The van der Waals surface area contributed by atoms with Crippen LogP contribution in [0.1, 0.15) is 55.3 Å². The van der Waals surface area contributed by atoms with Gasteiger partial charge in [0.1, 0.15) is 11.4 Å². The Morgan fingerprint density at radius 1 is 1.12 bits per heavy atom. The van der Waals surface area contributed by atoms with Gasteiger partial charge in [-0.05, 0) is 37.1 Å². The Morgan fingerprint density at radius 2 is 1.77 bits per heavy atom. The first kappa shape index (κ1) is 19.6. The fourth-order valence-electron chi connectivity index (χ4n) is 2.94. The highest BCUT2D eigenvalue weighted by atomic mass is 19.1. The van der Waals surface area contributed by atoms with E-state index in [1.807, 2.05) is 0 Å². The molecule has 7 heteroatoms. The van der Waals surface area contributed by atoms with Gasteiger partial charge in [-0.3, -0.25) is 14.4 Å². The van der Waals surface area contributed by atoms with Gasteiger partial charge in [0, 0.05) is 12.0 Å². The standard InChI is InChI=1S/C19H21FN2O4/c20-15-6-4-14(5-7-15)16(23)8-9-18(25)26-12-17(24)22-19(13-21)10-2-1-3-11-19/h4-7H,1-3,8-12H2,(H,22,24). The number of rotatable bonds is 7. The molecule has 1 aromatic carbocycles. The molecule has 0 saturated heterocycles. The molecule has 6 nitrogen and oxygen atoms in total. The molecule has 0 heterocycles. The zero-order chi connectivity index (χ0) is 19.0. The molecule has 0 bridgehead atoms. The fraction of sp³-hybridized carbons (Fsp3) is 0.474.